The lowest BCUT2D eigenvalue weighted by atomic mass is 10.1. The summed E-state index contributed by atoms with van der Waals surface area (Å²) < 4.78 is 14.2. The lowest BCUT2D eigenvalue weighted by Crippen LogP contribution is -2.48. The predicted molar refractivity (Wildman–Crippen MR) is 126 cm³/mol. The number of hydrogen-bond acceptors (Lipinski definition) is 3. The van der Waals surface area contributed by atoms with Gasteiger partial charge >= 0.3 is 0 Å². The van der Waals surface area contributed by atoms with Crippen LogP contribution < -0.4 is 5.32 Å². The molecule has 0 aliphatic heterocycles. The number of rotatable bonds is 11. The van der Waals surface area contributed by atoms with Crippen molar-refractivity contribution in [3.05, 3.63) is 64.9 Å². The quantitative estimate of drug-likeness (QED) is 0.351. The fourth-order valence-corrected chi connectivity index (χ4v) is 3.91. The van der Waals surface area contributed by atoms with Gasteiger partial charge in [0, 0.05) is 35.0 Å². The van der Waals surface area contributed by atoms with Gasteiger partial charge in [-0.2, -0.15) is 0 Å². The van der Waals surface area contributed by atoms with E-state index in [4.69, 9.17) is 11.6 Å². The van der Waals surface area contributed by atoms with Gasteiger partial charge in [0.2, 0.25) is 11.8 Å². The van der Waals surface area contributed by atoms with Crippen LogP contribution >= 0.6 is 23.4 Å². The zero-order valence-corrected chi connectivity index (χ0v) is 19.8. The Balaban J connectivity index is 2.00. The molecule has 2 rings (SSSR count). The van der Waals surface area contributed by atoms with Gasteiger partial charge in [-0.15, -0.1) is 11.8 Å². The fourth-order valence-electron chi connectivity index (χ4n) is 2.93. The maximum atomic E-state index is 14.2. The zero-order valence-electron chi connectivity index (χ0n) is 18.2. The van der Waals surface area contributed by atoms with Crippen molar-refractivity contribution >= 4 is 35.2 Å². The van der Waals surface area contributed by atoms with Crippen molar-refractivity contribution in [1.82, 2.24) is 10.2 Å². The number of amides is 2. The minimum Gasteiger partial charge on any atom is -0.354 e. The fraction of sp³-hybridized carbons (Fsp3) is 0.417. The van der Waals surface area contributed by atoms with E-state index >= 15 is 0 Å². The van der Waals surface area contributed by atoms with Crippen LogP contribution in [0.1, 0.15) is 39.2 Å². The van der Waals surface area contributed by atoms with Crippen molar-refractivity contribution in [3.8, 4) is 0 Å². The highest BCUT2D eigenvalue weighted by molar-refractivity contribution is 7.99. The minimum absolute atomic E-state index is 0.0616. The lowest BCUT2D eigenvalue weighted by molar-refractivity contribution is -0.140. The van der Waals surface area contributed by atoms with Crippen LogP contribution in [0, 0.1) is 11.7 Å². The monoisotopic (exact) mass is 464 g/mol. The predicted octanol–water partition coefficient (Wildman–Crippen LogP) is 5.54. The van der Waals surface area contributed by atoms with Gasteiger partial charge in [0.25, 0.3) is 0 Å². The van der Waals surface area contributed by atoms with Gasteiger partial charge in [0.05, 0.1) is 0 Å². The standard InChI is InChI=1S/C24H30ClFN2O2S/c1-17(2)15-27-24(30)18(3)28(16-19-7-4-5-8-22(19)26)23(29)9-6-14-31-21-12-10-20(25)11-13-21/h4-5,7-8,10-13,17-18H,6,9,14-16H2,1-3H3,(H,27,30)/t18-/m1/s1. The molecular formula is C24H30ClFN2O2S. The van der Waals surface area contributed by atoms with Gasteiger partial charge in [0.15, 0.2) is 0 Å². The lowest BCUT2D eigenvalue weighted by Gasteiger charge is -2.29. The van der Waals surface area contributed by atoms with Crippen LogP contribution in [0.3, 0.4) is 0 Å². The van der Waals surface area contributed by atoms with Gasteiger partial charge in [0.1, 0.15) is 11.9 Å². The summed E-state index contributed by atoms with van der Waals surface area (Å²) in [6.07, 6.45) is 0.942. The summed E-state index contributed by atoms with van der Waals surface area (Å²) in [5, 5.41) is 3.56. The molecule has 7 heteroatoms. The highest BCUT2D eigenvalue weighted by atomic mass is 35.5. The van der Waals surface area contributed by atoms with E-state index in [0.717, 1.165) is 10.6 Å². The molecule has 0 fully saturated rings. The van der Waals surface area contributed by atoms with E-state index in [1.54, 1.807) is 36.9 Å². The maximum absolute atomic E-state index is 14.2. The average Bonchev–Trinajstić information content (AvgIpc) is 2.75. The van der Waals surface area contributed by atoms with E-state index in [1.165, 1.54) is 11.0 Å². The molecule has 2 amide bonds. The summed E-state index contributed by atoms with van der Waals surface area (Å²) in [6, 6.07) is 13.2. The second kappa shape index (κ2) is 12.7. The van der Waals surface area contributed by atoms with Gasteiger partial charge in [-0.1, -0.05) is 43.6 Å². The normalized spacial score (nSPS) is 11.9. The summed E-state index contributed by atoms with van der Waals surface area (Å²) in [4.78, 5) is 28.2. The first-order valence-electron chi connectivity index (χ1n) is 10.5. The Bertz CT molecular complexity index is 861. The Morgan fingerprint density at radius 1 is 1.10 bits per heavy atom. The molecule has 168 valence electrons. The summed E-state index contributed by atoms with van der Waals surface area (Å²) in [5.74, 6) is 0.292. The number of carbonyl (C=O) groups is 2. The molecule has 1 atom stereocenters. The molecule has 0 unspecified atom stereocenters. The van der Waals surface area contributed by atoms with E-state index in [9.17, 15) is 14.0 Å². The van der Waals surface area contributed by atoms with Gasteiger partial charge in [-0.05, 0) is 55.3 Å². The Labute approximate surface area is 193 Å². The first kappa shape index (κ1) is 25.2. The molecule has 0 aromatic heterocycles. The van der Waals surface area contributed by atoms with E-state index in [1.807, 2.05) is 38.1 Å². The van der Waals surface area contributed by atoms with Crippen LogP contribution in [-0.4, -0.2) is 35.1 Å². The van der Waals surface area contributed by atoms with Crippen molar-refractivity contribution in [2.75, 3.05) is 12.3 Å². The third kappa shape index (κ3) is 8.54. The van der Waals surface area contributed by atoms with Gasteiger partial charge in [-0.3, -0.25) is 9.59 Å². The number of thioether (sulfide) groups is 1. The Hall–Kier alpha value is -2.05. The smallest absolute Gasteiger partial charge is 0.242 e. The third-order valence-corrected chi connectivity index (χ3v) is 6.12. The molecule has 0 saturated heterocycles. The van der Waals surface area contributed by atoms with Crippen LogP contribution in [0.15, 0.2) is 53.4 Å². The largest absolute Gasteiger partial charge is 0.354 e. The van der Waals surface area contributed by atoms with Crippen LogP contribution in [0.25, 0.3) is 0 Å². The SMILES string of the molecule is CC(C)CNC(=O)[C@@H](C)N(Cc1ccccc1F)C(=O)CCCSc1ccc(Cl)cc1. The molecule has 2 aromatic carbocycles. The number of hydrogen-bond donors (Lipinski definition) is 1. The van der Waals surface area contributed by atoms with Crippen molar-refractivity contribution in [2.45, 2.75) is 51.1 Å². The molecule has 0 spiro atoms. The third-order valence-electron chi connectivity index (χ3n) is 4.77. The number of nitrogens with one attached hydrogen (secondary N) is 1. The summed E-state index contributed by atoms with van der Waals surface area (Å²) >= 11 is 7.55. The molecule has 0 saturated carbocycles. The van der Waals surface area contributed by atoms with E-state index in [2.05, 4.69) is 5.32 Å². The number of carbonyl (C=O) groups excluding carboxylic acids is 2. The number of nitrogens with zero attached hydrogens (tertiary/aromatic N) is 1. The Morgan fingerprint density at radius 2 is 1.77 bits per heavy atom. The second-order valence-electron chi connectivity index (χ2n) is 7.83. The molecule has 1 N–H and O–H groups in total. The summed E-state index contributed by atoms with van der Waals surface area (Å²) in [6.45, 7) is 6.29. The van der Waals surface area contributed by atoms with Crippen molar-refractivity contribution < 1.29 is 14.0 Å². The van der Waals surface area contributed by atoms with Gasteiger partial charge < -0.3 is 10.2 Å². The molecular weight excluding hydrogens is 435 g/mol. The number of halogens is 2. The van der Waals surface area contributed by atoms with Crippen molar-refractivity contribution in [2.24, 2.45) is 5.92 Å². The maximum Gasteiger partial charge on any atom is 0.242 e. The first-order chi connectivity index (χ1) is 14.8. The summed E-state index contributed by atoms with van der Waals surface area (Å²) in [5.41, 5.74) is 0.398. The molecule has 4 nitrogen and oxygen atoms in total. The summed E-state index contributed by atoms with van der Waals surface area (Å²) in [7, 11) is 0. The molecule has 0 heterocycles. The van der Waals surface area contributed by atoms with E-state index in [0.29, 0.717) is 29.5 Å². The molecule has 0 bridgehead atoms. The Morgan fingerprint density at radius 3 is 2.42 bits per heavy atom. The van der Waals surface area contributed by atoms with Gasteiger partial charge in [-0.25, -0.2) is 4.39 Å². The van der Waals surface area contributed by atoms with Crippen LogP contribution in [0.5, 0.6) is 0 Å². The Kier molecular flexibility index (Phi) is 10.3. The highest BCUT2D eigenvalue weighted by Gasteiger charge is 2.26. The van der Waals surface area contributed by atoms with Crippen LogP contribution in [-0.2, 0) is 16.1 Å². The minimum atomic E-state index is -0.685. The molecule has 0 aliphatic carbocycles. The van der Waals surface area contributed by atoms with E-state index in [-0.39, 0.29) is 30.6 Å². The van der Waals surface area contributed by atoms with Crippen molar-refractivity contribution in [3.63, 3.8) is 0 Å². The molecule has 0 radical (unpaired) electrons. The van der Waals surface area contributed by atoms with Crippen molar-refractivity contribution in [1.29, 1.82) is 0 Å². The second-order valence-corrected chi connectivity index (χ2v) is 9.44. The topological polar surface area (TPSA) is 49.4 Å². The molecule has 0 aliphatic rings. The zero-order chi connectivity index (χ0) is 22.8. The van der Waals surface area contributed by atoms with Crippen LogP contribution in [0.2, 0.25) is 5.02 Å². The number of benzene rings is 2. The molecule has 31 heavy (non-hydrogen) atoms. The average molecular weight is 465 g/mol. The van der Waals surface area contributed by atoms with Crippen LogP contribution in [0.4, 0.5) is 4.39 Å². The first-order valence-corrected chi connectivity index (χ1v) is 11.8. The van der Waals surface area contributed by atoms with E-state index < -0.39 is 6.04 Å². The highest BCUT2D eigenvalue weighted by Crippen LogP contribution is 2.22. The molecule has 2 aromatic rings.